The van der Waals surface area contributed by atoms with Crippen molar-refractivity contribution in [2.75, 3.05) is 0 Å². The van der Waals surface area contributed by atoms with Gasteiger partial charge in [0.05, 0.1) is 0 Å². The third kappa shape index (κ3) is 2.50. The highest BCUT2D eigenvalue weighted by atomic mass is 32.1. The van der Waals surface area contributed by atoms with E-state index in [0.717, 1.165) is 6.42 Å². The zero-order chi connectivity index (χ0) is 18.5. The molecule has 1 aliphatic heterocycles. The molecule has 4 rings (SSSR count). The van der Waals surface area contributed by atoms with Crippen molar-refractivity contribution in [2.45, 2.75) is 52.3 Å². The van der Waals surface area contributed by atoms with Crippen LogP contribution in [-0.4, -0.2) is 6.71 Å². The van der Waals surface area contributed by atoms with Crippen molar-refractivity contribution in [2.24, 2.45) is 0 Å². The molecule has 0 amide bonds. The Balaban J connectivity index is 2.09. The Morgan fingerprint density at radius 1 is 0.962 bits per heavy atom. The van der Waals surface area contributed by atoms with E-state index in [1.165, 1.54) is 27.0 Å². The predicted octanol–water partition coefficient (Wildman–Crippen LogP) is 5.64. The van der Waals surface area contributed by atoms with Crippen LogP contribution in [0.25, 0.3) is 11.1 Å². The fraction of sp³-hybridized carbons (Fsp3) is 0.333. The van der Waals surface area contributed by atoms with Gasteiger partial charge in [0.15, 0.2) is 0 Å². The zero-order valence-corrected chi connectivity index (χ0v) is 17.3. The van der Waals surface area contributed by atoms with Crippen LogP contribution in [0.1, 0.15) is 49.9 Å². The van der Waals surface area contributed by atoms with Gasteiger partial charge in [-0.25, -0.2) is 0 Å². The normalized spacial score (nSPS) is 15.1. The first kappa shape index (κ1) is 17.6. The Kier molecular flexibility index (Phi) is 4.35. The summed E-state index contributed by atoms with van der Waals surface area (Å²) in [6.45, 7) is 12.3. The summed E-state index contributed by atoms with van der Waals surface area (Å²) in [7, 11) is 0. The summed E-state index contributed by atoms with van der Waals surface area (Å²) in [6, 6.07) is 20.2. The molecule has 0 spiro atoms. The second-order valence-corrected chi connectivity index (χ2v) is 9.40. The third-order valence-corrected chi connectivity index (χ3v) is 7.59. The van der Waals surface area contributed by atoms with E-state index in [-0.39, 0.29) is 5.41 Å². The van der Waals surface area contributed by atoms with E-state index < -0.39 is 0 Å². The lowest BCUT2D eigenvalue weighted by Gasteiger charge is -2.38. The Hall–Kier alpha value is -1.80. The Morgan fingerprint density at radius 3 is 2.27 bits per heavy atom. The third-order valence-electron chi connectivity index (χ3n) is 5.92. The molecule has 2 heterocycles. The fourth-order valence-corrected chi connectivity index (χ4v) is 6.16. The van der Waals surface area contributed by atoms with E-state index in [1.54, 1.807) is 10.3 Å². The minimum absolute atomic E-state index is 0.0684. The standard InChI is InChI=1S/C24H27BS/c1-6-20-21(17-12-8-7-9-13-17)22-23(26-20)24(4,5)18-14-10-11-15-19(18)25(22)16(2)3/h7-16H,6H2,1-5H3. The molecular weight excluding hydrogens is 331 g/mol. The van der Waals surface area contributed by atoms with Crippen LogP contribution in [0.5, 0.6) is 0 Å². The lowest BCUT2D eigenvalue weighted by molar-refractivity contribution is 0.659. The average Bonchev–Trinajstić information content (AvgIpc) is 3.03. The molecule has 26 heavy (non-hydrogen) atoms. The Morgan fingerprint density at radius 2 is 1.62 bits per heavy atom. The fourth-order valence-electron chi connectivity index (χ4n) is 4.73. The monoisotopic (exact) mass is 358 g/mol. The number of benzene rings is 2. The maximum absolute atomic E-state index is 2.41. The van der Waals surface area contributed by atoms with Crippen molar-refractivity contribution in [3.8, 4) is 11.1 Å². The number of thiophene rings is 1. The molecule has 1 aliphatic rings. The summed E-state index contributed by atoms with van der Waals surface area (Å²) < 4.78 is 0. The highest BCUT2D eigenvalue weighted by Crippen LogP contribution is 2.43. The second-order valence-electron chi connectivity index (χ2n) is 8.30. The summed E-state index contributed by atoms with van der Waals surface area (Å²) in [5, 5.41) is 0. The van der Waals surface area contributed by atoms with Gasteiger partial charge in [0, 0.05) is 15.2 Å². The second kappa shape index (κ2) is 6.42. The van der Waals surface area contributed by atoms with E-state index in [4.69, 9.17) is 0 Å². The molecule has 0 atom stereocenters. The zero-order valence-electron chi connectivity index (χ0n) is 16.5. The quantitative estimate of drug-likeness (QED) is 0.532. The maximum Gasteiger partial charge on any atom is 0.214 e. The summed E-state index contributed by atoms with van der Waals surface area (Å²) in [4.78, 5) is 3.11. The average molecular weight is 358 g/mol. The molecule has 0 saturated heterocycles. The molecule has 0 radical (unpaired) electrons. The maximum atomic E-state index is 2.41. The van der Waals surface area contributed by atoms with Gasteiger partial charge in [-0.3, -0.25) is 0 Å². The highest BCUT2D eigenvalue weighted by Gasteiger charge is 2.43. The van der Waals surface area contributed by atoms with E-state index in [2.05, 4.69) is 89.2 Å². The van der Waals surface area contributed by atoms with Gasteiger partial charge in [-0.15, -0.1) is 11.3 Å². The minimum Gasteiger partial charge on any atom is -0.144 e. The van der Waals surface area contributed by atoms with Crippen LogP contribution in [0.4, 0.5) is 0 Å². The van der Waals surface area contributed by atoms with Gasteiger partial charge in [-0.05, 0) is 23.1 Å². The SMILES string of the molecule is CCc1sc2c(c1-c1ccccc1)B(C(C)C)c1ccccc1C2(C)C. The van der Waals surface area contributed by atoms with E-state index in [9.17, 15) is 0 Å². The number of hydrogen-bond donors (Lipinski definition) is 0. The van der Waals surface area contributed by atoms with Crippen molar-refractivity contribution in [1.29, 1.82) is 0 Å². The topological polar surface area (TPSA) is 0 Å². The van der Waals surface area contributed by atoms with Crippen LogP contribution in [0, 0.1) is 0 Å². The van der Waals surface area contributed by atoms with Crippen LogP contribution in [-0.2, 0) is 11.8 Å². The van der Waals surface area contributed by atoms with Crippen LogP contribution in [0.3, 0.4) is 0 Å². The molecular formula is C24H27BS. The molecule has 3 aromatic rings. The largest absolute Gasteiger partial charge is 0.214 e. The molecule has 0 fully saturated rings. The Labute approximate surface area is 162 Å². The summed E-state index contributed by atoms with van der Waals surface area (Å²) in [6.07, 6.45) is 1.10. The van der Waals surface area contributed by atoms with Crippen LogP contribution >= 0.6 is 11.3 Å². The first-order valence-electron chi connectivity index (χ1n) is 9.77. The molecule has 0 bridgehead atoms. The molecule has 2 heteroatoms. The van der Waals surface area contributed by atoms with Gasteiger partial charge >= 0.3 is 0 Å². The van der Waals surface area contributed by atoms with Gasteiger partial charge in [0.1, 0.15) is 0 Å². The van der Waals surface area contributed by atoms with E-state index in [1.807, 2.05) is 11.3 Å². The summed E-state index contributed by atoms with van der Waals surface area (Å²) >= 11 is 2.05. The molecule has 2 aromatic carbocycles. The highest BCUT2D eigenvalue weighted by molar-refractivity contribution is 7.15. The van der Waals surface area contributed by atoms with Crippen LogP contribution in [0.15, 0.2) is 54.6 Å². The molecule has 0 saturated carbocycles. The van der Waals surface area contributed by atoms with Gasteiger partial charge in [-0.1, -0.05) is 106 Å². The van der Waals surface area contributed by atoms with Crippen molar-refractivity contribution in [3.63, 3.8) is 0 Å². The number of fused-ring (bicyclic) bond motifs is 2. The van der Waals surface area contributed by atoms with Crippen molar-refractivity contribution >= 4 is 29.0 Å². The smallest absolute Gasteiger partial charge is 0.144 e. The number of hydrogen-bond acceptors (Lipinski definition) is 1. The van der Waals surface area contributed by atoms with Gasteiger partial charge in [0.2, 0.25) is 6.71 Å². The first-order chi connectivity index (χ1) is 12.5. The molecule has 0 aliphatic carbocycles. The number of aryl methyl sites for hydroxylation is 1. The van der Waals surface area contributed by atoms with Crippen molar-refractivity contribution in [1.82, 2.24) is 0 Å². The predicted molar refractivity (Wildman–Crippen MR) is 118 cm³/mol. The minimum atomic E-state index is 0.0684. The van der Waals surface area contributed by atoms with Crippen LogP contribution < -0.4 is 10.9 Å². The summed E-state index contributed by atoms with van der Waals surface area (Å²) in [5.74, 6) is 0.577. The lowest BCUT2D eigenvalue weighted by Crippen LogP contribution is -2.55. The molecule has 1 aromatic heterocycles. The van der Waals surface area contributed by atoms with E-state index in [0.29, 0.717) is 12.5 Å². The Bertz CT molecular complexity index is 934. The van der Waals surface area contributed by atoms with Gasteiger partial charge < -0.3 is 0 Å². The van der Waals surface area contributed by atoms with Gasteiger partial charge in [-0.2, -0.15) is 0 Å². The lowest BCUT2D eigenvalue weighted by atomic mass is 9.30. The van der Waals surface area contributed by atoms with Crippen molar-refractivity contribution in [3.05, 3.63) is 69.9 Å². The molecule has 132 valence electrons. The van der Waals surface area contributed by atoms with Gasteiger partial charge in [0.25, 0.3) is 0 Å². The molecule has 0 nitrogen and oxygen atoms in total. The van der Waals surface area contributed by atoms with E-state index >= 15 is 0 Å². The van der Waals surface area contributed by atoms with Crippen molar-refractivity contribution < 1.29 is 0 Å². The first-order valence-corrected chi connectivity index (χ1v) is 10.6. The number of rotatable bonds is 3. The van der Waals surface area contributed by atoms with Crippen LogP contribution in [0.2, 0.25) is 5.82 Å². The molecule has 0 unspecified atom stereocenters. The summed E-state index contributed by atoms with van der Waals surface area (Å²) in [5.41, 5.74) is 7.58. The molecule has 0 N–H and O–H groups in total.